The van der Waals surface area contributed by atoms with Gasteiger partial charge in [0.2, 0.25) is 11.8 Å². The van der Waals surface area contributed by atoms with Crippen molar-refractivity contribution in [2.24, 2.45) is 17.8 Å². The Kier molecular flexibility index (Phi) is 8.24. The van der Waals surface area contributed by atoms with Crippen LogP contribution in [0.15, 0.2) is 25.3 Å². The van der Waals surface area contributed by atoms with Gasteiger partial charge in [0.25, 0.3) is 0 Å². The Balaban J connectivity index is 1.99. The molecule has 0 aromatic heterocycles. The molecule has 1 aliphatic heterocycles. The second kappa shape index (κ2) is 10.2. The molecule has 2 rings (SSSR count). The van der Waals surface area contributed by atoms with Crippen LogP contribution in [0.1, 0.15) is 52.4 Å². The number of likely N-dealkylation sites (tertiary alicyclic amines) is 1. The molecule has 30 heavy (non-hydrogen) atoms. The number of ether oxygens (including phenoxy) is 1. The summed E-state index contributed by atoms with van der Waals surface area (Å²) < 4.78 is 4.85. The molecule has 2 aliphatic rings. The number of carbonyl (C=O) groups is 3. The van der Waals surface area contributed by atoms with Crippen LogP contribution in [0.3, 0.4) is 0 Å². The van der Waals surface area contributed by atoms with Crippen molar-refractivity contribution in [3.05, 3.63) is 25.3 Å². The van der Waals surface area contributed by atoms with E-state index in [0.717, 1.165) is 19.3 Å². The predicted molar refractivity (Wildman–Crippen MR) is 114 cm³/mol. The number of nitrogens with zero attached hydrogens (tertiary/aromatic N) is 1. The van der Waals surface area contributed by atoms with E-state index in [1.807, 2.05) is 13.0 Å². The lowest BCUT2D eigenvalue weighted by atomic mass is 9.91. The second-order valence-electron chi connectivity index (χ2n) is 8.97. The fourth-order valence-electron chi connectivity index (χ4n) is 4.53. The van der Waals surface area contributed by atoms with Crippen molar-refractivity contribution >= 4 is 17.8 Å². The average Bonchev–Trinajstić information content (AvgIpc) is 3.27. The third kappa shape index (κ3) is 5.50. The molecular formula is C23H36N2O5. The maximum absolute atomic E-state index is 13.0. The minimum atomic E-state index is -1.11. The van der Waals surface area contributed by atoms with Crippen molar-refractivity contribution in [3.63, 3.8) is 0 Å². The fraction of sp³-hybridized carbons (Fsp3) is 0.696. The standard InChI is InChI=1S/C23H36N2O5/c1-6-8-9-15(3)10-16(4)11-20(27)25-14-18(26)12-19(25)21(28)24-23(22(29)30-5)13-17(23)7-2/h6-7,15-19,26H,1-2,8-14H2,3-5H3,(H,24,28). The minimum absolute atomic E-state index is 0.131. The summed E-state index contributed by atoms with van der Waals surface area (Å²) in [6.45, 7) is 11.8. The number of β-amino-alcohol motifs (C(OH)–C–C–N with tert-alkyl or cyclic N) is 1. The Morgan fingerprint density at radius 2 is 2.00 bits per heavy atom. The number of esters is 1. The molecule has 1 saturated carbocycles. The molecule has 0 radical (unpaired) electrons. The van der Waals surface area contributed by atoms with Crippen LogP contribution in [0.2, 0.25) is 0 Å². The molecule has 1 saturated heterocycles. The van der Waals surface area contributed by atoms with Crippen molar-refractivity contribution in [1.82, 2.24) is 10.2 Å². The van der Waals surface area contributed by atoms with Crippen molar-refractivity contribution < 1.29 is 24.2 Å². The van der Waals surface area contributed by atoms with Gasteiger partial charge in [0.15, 0.2) is 0 Å². The van der Waals surface area contributed by atoms with E-state index in [1.165, 1.54) is 12.0 Å². The summed E-state index contributed by atoms with van der Waals surface area (Å²) in [4.78, 5) is 39.5. The minimum Gasteiger partial charge on any atom is -0.467 e. The Labute approximate surface area is 179 Å². The summed E-state index contributed by atoms with van der Waals surface area (Å²) in [5, 5.41) is 12.9. The van der Waals surface area contributed by atoms with Gasteiger partial charge in [-0.05, 0) is 37.5 Å². The maximum atomic E-state index is 13.0. The van der Waals surface area contributed by atoms with Gasteiger partial charge in [0.05, 0.1) is 13.2 Å². The van der Waals surface area contributed by atoms with Crippen molar-refractivity contribution in [2.75, 3.05) is 13.7 Å². The molecule has 0 bridgehead atoms. The molecule has 1 heterocycles. The van der Waals surface area contributed by atoms with E-state index in [2.05, 4.69) is 25.4 Å². The monoisotopic (exact) mass is 420 g/mol. The number of aliphatic hydroxyl groups is 1. The van der Waals surface area contributed by atoms with Gasteiger partial charge in [0, 0.05) is 25.3 Å². The number of rotatable bonds is 11. The zero-order valence-electron chi connectivity index (χ0n) is 18.4. The second-order valence-corrected chi connectivity index (χ2v) is 8.97. The molecule has 1 aliphatic carbocycles. The van der Waals surface area contributed by atoms with Crippen molar-refractivity contribution in [2.45, 2.75) is 70.1 Å². The summed E-state index contributed by atoms with van der Waals surface area (Å²) in [6, 6.07) is -0.787. The number of methoxy groups -OCH3 is 1. The van der Waals surface area contributed by atoms with Crippen LogP contribution in [-0.4, -0.2) is 59.1 Å². The van der Waals surface area contributed by atoms with Crippen LogP contribution in [-0.2, 0) is 19.1 Å². The van der Waals surface area contributed by atoms with Gasteiger partial charge in [-0.15, -0.1) is 13.2 Å². The highest BCUT2D eigenvalue weighted by atomic mass is 16.5. The van der Waals surface area contributed by atoms with Crippen molar-refractivity contribution in [1.29, 1.82) is 0 Å². The van der Waals surface area contributed by atoms with Gasteiger partial charge in [-0.1, -0.05) is 26.0 Å². The first kappa shape index (κ1) is 24.1. The lowest BCUT2D eigenvalue weighted by Crippen LogP contribution is -2.53. The number of hydrogen-bond donors (Lipinski definition) is 2. The van der Waals surface area contributed by atoms with Crippen LogP contribution in [0.4, 0.5) is 0 Å². The van der Waals surface area contributed by atoms with Gasteiger partial charge in [-0.25, -0.2) is 4.79 Å². The molecule has 2 N–H and O–H groups in total. The van der Waals surface area contributed by atoms with Gasteiger partial charge >= 0.3 is 5.97 Å². The maximum Gasteiger partial charge on any atom is 0.332 e. The van der Waals surface area contributed by atoms with E-state index in [4.69, 9.17) is 4.74 Å². The first-order chi connectivity index (χ1) is 14.2. The van der Waals surface area contributed by atoms with E-state index < -0.39 is 29.6 Å². The highest BCUT2D eigenvalue weighted by molar-refractivity contribution is 5.95. The number of nitrogens with one attached hydrogen (secondary N) is 1. The molecule has 6 unspecified atom stereocenters. The lowest BCUT2D eigenvalue weighted by molar-refractivity contribution is -0.148. The zero-order valence-corrected chi connectivity index (χ0v) is 18.4. The number of allylic oxidation sites excluding steroid dienone is 1. The number of amides is 2. The topological polar surface area (TPSA) is 95.9 Å². The van der Waals surface area contributed by atoms with Gasteiger partial charge < -0.3 is 20.1 Å². The molecule has 7 heteroatoms. The van der Waals surface area contributed by atoms with Crippen LogP contribution < -0.4 is 5.32 Å². The first-order valence-electron chi connectivity index (χ1n) is 10.8. The lowest BCUT2D eigenvalue weighted by Gasteiger charge is -2.27. The molecule has 168 valence electrons. The number of carbonyl (C=O) groups excluding carboxylic acids is 3. The highest BCUT2D eigenvalue weighted by Crippen LogP contribution is 2.45. The molecule has 0 spiro atoms. The molecule has 0 aromatic rings. The van der Waals surface area contributed by atoms with E-state index >= 15 is 0 Å². The third-order valence-electron chi connectivity index (χ3n) is 6.29. The van der Waals surface area contributed by atoms with Crippen LogP contribution in [0.5, 0.6) is 0 Å². The molecule has 2 fully saturated rings. The van der Waals surface area contributed by atoms with Crippen LogP contribution in [0.25, 0.3) is 0 Å². The van der Waals surface area contributed by atoms with Gasteiger partial charge in [-0.2, -0.15) is 0 Å². The molecule has 7 nitrogen and oxygen atoms in total. The van der Waals surface area contributed by atoms with E-state index in [9.17, 15) is 19.5 Å². The Hall–Kier alpha value is -2.15. The van der Waals surface area contributed by atoms with Gasteiger partial charge in [0.1, 0.15) is 11.6 Å². The summed E-state index contributed by atoms with van der Waals surface area (Å²) in [6.07, 6.45) is 6.60. The molecule has 2 amide bonds. The summed E-state index contributed by atoms with van der Waals surface area (Å²) in [7, 11) is 1.28. The summed E-state index contributed by atoms with van der Waals surface area (Å²) in [5.41, 5.74) is -1.11. The van der Waals surface area contributed by atoms with Crippen LogP contribution in [0, 0.1) is 17.8 Å². The Morgan fingerprint density at radius 1 is 1.30 bits per heavy atom. The normalized spacial score (nSPS) is 29.6. The third-order valence-corrected chi connectivity index (χ3v) is 6.29. The molecule has 6 atom stereocenters. The van der Waals surface area contributed by atoms with E-state index in [-0.39, 0.29) is 30.7 Å². The van der Waals surface area contributed by atoms with Crippen molar-refractivity contribution in [3.8, 4) is 0 Å². The Bertz CT molecular complexity index is 679. The van der Waals surface area contributed by atoms with E-state index in [0.29, 0.717) is 18.8 Å². The highest BCUT2D eigenvalue weighted by Gasteiger charge is 2.61. The van der Waals surface area contributed by atoms with E-state index in [1.54, 1.807) is 6.08 Å². The quantitative estimate of drug-likeness (QED) is 0.395. The number of aliphatic hydroxyl groups excluding tert-OH is 1. The zero-order chi connectivity index (χ0) is 22.5. The predicted octanol–water partition coefficient (Wildman–Crippen LogP) is 2.20. The summed E-state index contributed by atoms with van der Waals surface area (Å²) in [5.74, 6) is -0.617. The smallest absolute Gasteiger partial charge is 0.332 e. The molecular weight excluding hydrogens is 384 g/mol. The SMILES string of the molecule is C=CCCC(C)CC(C)CC(=O)N1CC(O)CC1C(=O)NC1(C(=O)OC)CC1C=C. The summed E-state index contributed by atoms with van der Waals surface area (Å²) >= 11 is 0. The number of hydrogen-bond acceptors (Lipinski definition) is 5. The molecule has 0 aromatic carbocycles. The first-order valence-corrected chi connectivity index (χ1v) is 10.8. The van der Waals surface area contributed by atoms with Crippen LogP contribution >= 0.6 is 0 Å². The average molecular weight is 421 g/mol. The van der Waals surface area contributed by atoms with Gasteiger partial charge in [-0.3, -0.25) is 9.59 Å². The fourth-order valence-corrected chi connectivity index (χ4v) is 4.53. The largest absolute Gasteiger partial charge is 0.467 e. The Morgan fingerprint density at radius 3 is 2.57 bits per heavy atom.